The van der Waals surface area contributed by atoms with Crippen LogP contribution in [-0.2, 0) is 10.0 Å². The fourth-order valence-corrected chi connectivity index (χ4v) is 3.23. The Balaban J connectivity index is 2.51. The molecule has 8 heteroatoms. The second-order valence-corrected chi connectivity index (χ2v) is 6.55. The van der Waals surface area contributed by atoms with Gasteiger partial charge in [0.2, 0.25) is 10.0 Å². The Kier molecular flexibility index (Phi) is 4.20. The van der Waals surface area contributed by atoms with E-state index in [1.54, 1.807) is 4.90 Å². The highest BCUT2D eigenvalue weighted by Crippen LogP contribution is 2.29. The number of nitrogens with zero attached hydrogens (tertiary/aromatic N) is 1. The molecule has 0 radical (unpaired) electrons. The Labute approximate surface area is 122 Å². The van der Waals surface area contributed by atoms with E-state index >= 15 is 0 Å². The van der Waals surface area contributed by atoms with Crippen molar-refractivity contribution in [2.75, 3.05) is 13.7 Å². The molecular weight excluding hydrogens is 299 g/mol. The van der Waals surface area contributed by atoms with Crippen LogP contribution in [0.5, 0.6) is 5.75 Å². The largest absolute Gasteiger partial charge is 0.492 e. The molecule has 1 fully saturated rings. The number of likely N-dealkylation sites (tertiary alicyclic amines) is 1. The molecule has 6 nitrogen and oxygen atoms in total. The van der Waals surface area contributed by atoms with Crippen molar-refractivity contribution in [3.8, 4) is 5.75 Å². The normalized spacial score (nSPS) is 18.9. The predicted octanol–water partition coefficient (Wildman–Crippen LogP) is 1.11. The van der Waals surface area contributed by atoms with Gasteiger partial charge >= 0.3 is 0 Å². The lowest BCUT2D eigenvalue weighted by molar-refractivity contribution is 0.0746. The number of amides is 1. The molecule has 1 amide bonds. The van der Waals surface area contributed by atoms with E-state index in [4.69, 9.17) is 9.88 Å². The molecule has 0 bridgehead atoms. The van der Waals surface area contributed by atoms with Crippen LogP contribution in [0, 0.1) is 5.82 Å². The lowest BCUT2D eigenvalue weighted by Crippen LogP contribution is -2.33. The van der Waals surface area contributed by atoms with Crippen molar-refractivity contribution in [1.29, 1.82) is 0 Å². The van der Waals surface area contributed by atoms with Gasteiger partial charge in [-0.3, -0.25) is 4.79 Å². The van der Waals surface area contributed by atoms with Gasteiger partial charge in [-0.15, -0.1) is 0 Å². The molecule has 0 spiro atoms. The number of nitrogens with two attached hydrogens (primary N) is 1. The second kappa shape index (κ2) is 5.61. The molecule has 1 atom stereocenters. The first-order valence-electron chi connectivity index (χ1n) is 6.47. The SMILES string of the molecule is COc1c(F)cc(C(=O)N2CCCC2C)cc1S(N)(=O)=O. The number of primary sulfonamides is 1. The molecule has 0 aromatic heterocycles. The van der Waals surface area contributed by atoms with E-state index in [1.165, 1.54) is 0 Å². The Morgan fingerprint density at radius 2 is 2.14 bits per heavy atom. The number of rotatable bonds is 3. The van der Waals surface area contributed by atoms with Gasteiger partial charge in [-0.25, -0.2) is 17.9 Å². The van der Waals surface area contributed by atoms with Gasteiger partial charge in [0.25, 0.3) is 5.91 Å². The van der Waals surface area contributed by atoms with Gasteiger partial charge in [-0.05, 0) is 31.9 Å². The van der Waals surface area contributed by atoms with E-state index in [1.807, 2.05) is 6.92 Å². The van der Waals surface area contributed by atoms with Crippen LogP contribution in [0.4, 0.5) is 4.39 Å². The fraction of sp³-hybridized carbons (Fsp3) is 0.462. The molecule has 1 aromatic carbocycles. The van der Waals surface area contributed by atoms with Crippen molar-refractivity contribution in [2.24, 2.45) is 5.14 Å². The smallest absolute Gasteiger partial charge is 0.254 e. The number of benzene rings is 1. The van der Waals surface area contributed by atoms with E-state index in [0.717, 1.165) is 32.1 Å². The first-order chi connectivity index (χ1) is 9.75. The molecule has 1 saturated heterocycles. The highest BCUT2D eigenvalue weighted by Gasteiger charge is 2.29. The van der Waals surface area contributed by atoms with Gasteiger partial charge in [0.05, 0.1) is 7.11 Å². The fourth-order valence-electron chi connectivity index (χ4n) is 2.50. The average Bonchev–Trinajstić information content (AvgIpc) is 2.82. The van der Waals surface area contributed by atoms with Crippen LogP contribution >= 0.6 is 0 Å². The summed E-state index contributed by atoms with van der Waals surface area (Å²) in [4.78, 5) is 13.4. The number of methoxy groups -OCH3 is 1. The molecule has 1 heterocycles. The van der Waals surface area contributed by atoms with Gasteiger partial charge in [0, 0.05) is 18.2 Å². The third-order valence-electron chi connectivity index (χ3n) is 3.58. The van der Waals surface area contributed by atoms with Crippen molar-refractivity contribution < 1.29 is 22.3 Å². The van der Waals surface area contributed by atoms with Crippen molar-refractivity contribution in [3.05, 3.63) is 23.5 Å². The summed E-state index contributed by atoms with van der Waals surface area (Å²) in [6.07, 6.45) is 1.74. The Morgan fingerprint density at radius 1 is 1.48 bits per heavy atom. The third kappa shape index (κ3) is 3.01. The van der Waals surface area contributed by atoms with Gasteiger partial charge in [-0.2, -0.15) is 0 Å². The Morgan fingerprint density at radius 3 is 2.62 bits per heavy atom. The topological polar surface area (TPSA) is 89.7 Å². The minimum Gasteiger partial charge on any atom is -0.492 e. The highest BCUT2D eigenvalue weighted by atomic mass is 32.2. The molecule has 2 rings (SSSR count). The number of ether oxygens (including phenoxy) is 1. The highest BCUT2D eigenvalue weighted by molar-refractivity contribution is 7.89. The van der Waals surface area contributed by atoms with Gasteiger partial charge < -0.3 is 9.64 Å². The molecular formula is C13H17FN2O4S. The van der Waals surface area contributed by atoms with E-state index in [9.17, 15) is 17.6 Å². The summed E-state index contributed by atoms with van der Waals surface area (Å²) in [6.45, 7) is 2.46. The average molecular weight is 316 g/mol. The van der Waals surface area contributed by atoms with Crippen LogP contribution in [0.15, 0.2) is 17.0 Å². The monoisotopic (exact) mass is 316 g/mol. The second-order valence-electron chi connectivity index (χ2n) is 5.02. The number of hydrogen-bond acceptors (Lipinski definition) is 4. The lowest BCUT2D eigenvalue weighted by Gasteiger charge is -2.22. The Bertz CT molecular complexity index is 675. The number of carbonyl (C=O) groups is 1. The van der Waals surface area contributed by atoms with Crippen molar-refractivity contribution in [2.45, 2.75) is 30.7 Å². The van der Waals surface area contributed by atoms with E-state index < -0.39 is 32.4 Å². The minimum atomic E-state index is -4.20. The van der Waals surface area contributed by atoms with Crippen molar-refractivity contribution in [3.63, 3.8) is 0 Å². The van der Waals surface area contributed by atoms with Gasteiger partial charge in [-0.1, -0.05) is 0 Å². The van der Waals surface area contributed by atoms with Crippen molar-refractivity contribution in [1.82, 2.24) is 4.90 Å². The number of carbonyl (C=O) groups excluding carboxylic acids is 1. The standard InChI is InChI=1S/C13H17FN2O4S/c1-8-4-3-5-16(8)13(17)9-6-10(14)12(20-2)11(7-9)21(15,18)19/h6-8H,3-5H2,1-2H3,(H2,15,18,19). The quantitative estimate of drug-likeness (QED) is 0.904. The molecule has 0 aliphatic carbocycles. The molecule has 1 aliphatic heterocycles. The number of halogens is 1. The zero-order valence-electron chi connectivity index (χ0n) is 11.8. The Hall–Kier alpha value is -1.67. The van der Waals surface area contributed by atoms with E-state index in [-0.39, 0.29) is 11.6 Å². The minimum absolute atomic E-state index is 0.0422. The van der Waals surface area contributed by atoms with E-state index in [0.29, 0.717) is 6.54 Å². The van der Waals surface area contributed by atoms with Crippen LogP contribution in [0.25, 0.3) is 0 Å². The summed E-state index contributed by atoms with van der Waals surface area (Å²) in [5, 5.41) is 5.05. The summed E-state index contributed by atoms with van der Waals surface area (Å²) < 4.78 is 41.8. The number of hydrogen-bond donors (Lipinski definition) is 1. The maximum atomic E-state index is 14.0. The first-order valence-corrected chi connectivity index (χ1v) is 8.01. The number of sulfonamides is 1. The van der Waals surface area contributed by atoms with Gasteiger partial charge in [0.1, 0.15) is 4.90 Å². The zero-order chi connectivity index (χ0) is 15.8. The maximum Gasteiger partial charge on any atom is 0.254 e. The third-order valence-corrected chi connectivity index (χ3v) is 4.50. The van der Waals surface area contributed by atoms with Gasteiger partial charge in [0.15, 0.2) is 11.6 Å². The van der Waals surface area contributed by atoms with E-state index in [2.05, 4.69) is 0 Å². The van der Waals surface area contributed by atoms with Crippen LogP contribution in [0.2, 0.25) is 0 Å². The molecule has 21 heavy (non-hydrogen) atoms. The van der Waals surface area contributed by atoms with Crippen LogP contribution in [0.3, 0.4) is 0 Å². The van der Waals surface area contributed by atoms with Crippen molar-refractivity contribution >= 4 is 15.9 Å². The first kappa shape index (κ1) is 15.7. The summed E-state index contributed by atoms with van der Waals surface area (Å²) in [5.74, 6) is -1.82. The van der Waals surface area contributed by atoms with Crippen LogP contribution < -0.4 is 9.88 Å². The molecule has 116 valence electrons. The maximum absolute atomic E-state index is 14.0. The molecule has 0 saturated carbocycles. The molecule has 1 aromatic rings. The summed E-state index contributed by atoms with van der Waals surface area (Å²) in [7, 11) is -3.06. The van der Waals surface area contributed by atoms with Crippen LogP contribution in [0.1, 0.15) is 30.1 Å². The summed E-state index contributed by atoms with van der Waals surface area (Å²) in [5.41, 5.74) is -0.0499. The summed E-state index contributed by atoms with van der Waals surface area (Å²) in [6, 6.07) is 2.08. The summed E-state index contributed by atoms with van der Waals surface area (Å²) >= 11 is 0. The molecule has 2 N–H and O–H groups in total. The van der Waals surface area contributed by atoms with Crippen LogP contribution in [-0.4, -0.2) is 38.9 Å². The predicted molar refractivity (Wildman–Crippen MR) is 74.1 cm³/mol. The molecule has 1 unspecified atom stereocenters. The lowest BCUT2D eigenvalue weighted by atomic mass is 10.1. The zero-order valence-corrected chi connectivity index (χ0v) is 12.6. The molecule has 1 aliphatic rings.